The fourth-order valence-electron chi connectivity index (χ4n) is 3.97. The average molecular weight is 445 g/mol. The van der Waals surface area contributed by atoms with Gasteiger partial charge in [0, 0.05) is 21.9 Å². The second kappa shape index (κ2) is 8.43. The van der Waals surface area contributed by atoms with Crippen molar-refractivity contribution < 1.29 is 19.1 Å². The summed E-state index contributed by atoms with van der Waals surface area (Å²) in [5.74, 6) is -0.508. The fraction of sp³-hybridized carbons (Fsp3) is 0.409. The molecule has 4 rings (SSSR count). The summed E-state index contributed by atoms with van der Waals surface area (Å²) in [6.45, 7) is 4.18. The minimum Gasteiger partial charge on any atom is -0.462 e. The highest BCUT2D eigenvalue weighted by atomic mass is 32.2. The molecule has 1 aliphatic heterocycles. The number of amides is 2. The number of thioether (sulfide) groups is 1. The summed E-state index contributed by atoms with van der Waals surface area (Å²) >= 11 is 2.72. The third kappa shape index (κ3) is 3.86. The highest BCUT2D eigenvalue weighted by Crippen LogP contribution is 2.45. The summed E-state index contributed by atoms with van der Waals surface area (Å²) < 4.78 is 5.28. The third-order valence-electron chi connectivity index (χ3n) is 5.42. The SMILES string of the molecule is CCOC(=O)c1c(N2C(=O)CC(Sc3cccc(N)c3)C2=O)sc2c1CCC(C)C2. The molecule has 2 N–H and O–H groups in total. The van der Waals surface area contributed by atoms with Gasteiger partial charge in [0.2, 0.25) is 11.8 Å². The summed E-state index contributed by atoms with van der Waals surface area (Å²) in [4.78, 5) is 42.0. The van der Waals surface area contributed by atoms with E-state index in [4.69, 9.17) is 10.5 Å². The van der Waals surface area contributed by atoms with Gasteiger partial charge in [-0.05, 0) is 55.9 Å². The van der Waals surface area contributed by atoms with Crippen molar-refractivity contribution in [2.45, 2.75) is 49.7 Å². The standard InChI is InChI=1S/C22H24N2O4S2/c1-3-28-22(27)19-15-8-7-12(2)9-16(15)30-21(19)24-18(25)11-17(20(24)26)29-14-6-4-5-13(23)10-14/h4-6,10,12,17H,3,7-9,11,23H2,1-2H3. The van der Waals surface area contributed by atoms with Crippen LogP contribution >= 0.6 is 23.1 Å². The van der Waals surface area contributed by atoms with Crippen LogP contribution in [-0.2, 0) is 27.2 Å². The second-order valence-electron chi connectivity index (χ2n) is 7.70. The summed E-state index contributed by atoms with van der Waals surface area (Å²) in [6.07, 6.45) is 2.69. The molecular formula is C22H24N2O4S2. The van der Waals surface area contributed by atoms with Gasteiger partial charge in [0.25, 0.3) is 0 Å². The van der Waals surface area contributed by atoms with E-state index in [1.54, 1.807) is 19.1 Å². The average Bonchev–Trinajstić information content (AvgIpc) is 3.18. The maximum absolute atomic E-state index is 13.2. The number of nitrogens with zero attached hydrogens (tertiary/aromatic N) is 1. The zero-order chi connectivity index (χ0) is 21.4. The number of ether oxygens (including phenoxy) is 1. The number of hydrogen-bond donors (Lipinski definition) is 1. The van der Waals surface area contributed by atoms with E-state index in [-0.39, 0.29) is 24.8 Å². The fourth-order valence-corrected chi connectivity index (χ4v) is 6.61. The predicted octanol–water partition coefficient (Wildman–Crippen LogP) is 4.06. The molecule has 2 amide bonds. The quantitative estimate of drug-likeness (QED) is 0.425. The van der Waals surface area contributed by atoms with E-state index in [9.17, 15) is 14.4 Å². The van der Waals surface area contributed by atoms with Gasteiger partial charge in [0.15, 0.2) is 0 Å². The first kappa shape index (κ1) is 20.9. The Morgan fingerprint density at radius 2 is 2.13 bits per heavy atom. The minimum absolute atomic E-state index is 0.0968. The highest BCUT2D eigenvalue weighted by molar-refractivity contribution is 8.00. The Labute approximate surface area is 183 Å². The number of carbonyl (C=O) groups is 3. The Balaban J connectivity index is 1.68. The van der Waals surface area contributed by atoms with Crippen LogP contribution in [-0.4, -0.2) is 29.6 Å². The van der Waals surface area contributed by atoms with Gasteiger partial charge in [-0.25, -0.2) is 9.69 Å². The van der Waals surface area contributed by atoms with Crippen LogP contribution < -0.4 is 10.6 Å². The van der Waals surface area contributed by atoms with E-state index in [0.717, 1.165) is 34.6 Å². The molecule has 1 aromatic carbocycles. The predicted molar refractivity (Wildman–Crippen MR) is 119 cm³/mol. The first-order valence-corrected chi connectivity index (χ1v) is 11.8. The number of fused-ring (bicyclic) bond motifs is 1. The maximum atomic E-state index is 13.2. The number of anilines is 2. The molecule has 158 valence electrons. The Bertz CT molecular complexity index is 1020. The molecule has 1 fully saturated rings. The molecule has 0 bridgehead atoms. The number of rotatable bonds is 5. The smallest absolute Gasteiger partial charge is 0.341 e. The Hall–Kier alpha value is -2.32. The van der Waals surface area contributed by atoms with Crippen molar-refractivity contribution in [1.82, 2.24) is 0 Å². The maximum Gasteiger partial charge on any atom is 0.341 e. The topological polar surface area (TPSA) is 89.7 Å². The number of benzene rings is 1. The highest BCUT2D eigenvalue weighted by Gasteiger charge is 2.44. The Kier molecular flexibility index (Phi) is 5.88. The van der Waals surface area contributed by atoms with Crippen LogP contribution in [0.15, 0.2) is 29.2 Å². The number of thiophene rings is 1. The van der Waals surface area contributed by atoms with Crippen molar-refractivity contribution in [2.75, 3.05) is 17.2 Å². The Morgan fingerprint density at radius 3 is 2.87 bits per heavy atom. The minimum atomic E-state index is -0.535. The van der Waals surface area contributed by atoms with Crippen LogP contribution in [0, 0.1) is 5.92 Å². The number of imide groups is 1. The van der Waals surface area contributed by atoms with Crippen LogP contribution in [0.5, 0.6) is 0 Å². The number of carbonyl (C=O) groups excluding carboxylic acids is 3. The first-order valence-electron chi connectivity index (χ1n) is 10.1. The lowest BCUT2D eigenvalue weighted by molar-refractivity contribution is -0.121. The molecular weight excluding hydrogens is 420 g/mol. The van der Waals surface area contributed by atoms with E-state index in [2.05, 4.69) is 6.92 Å². The van der Waals surface area contributed by atoms with Gasteiger partial charge in [-0.1, -0.05) is 13.0 Å². The van der Waals surface area contributed by atoms with Gasteiger partial charge in [0.1, 0.15) is 5.00 Å². The molecule has 2 aromatic rings. The molecule has 1 saturated heterocycles. The van der Waals surface area contributed by atoms with Crippen LogP contribution in [0.25, 0.3) is 0 Å². The van der Waals surface area contributed by atoms with Crippen molar-refractivity contribution in [3.05, 3.63) is 40.3 Å². The number of hydrogen-bond acceptors (Lipinski definition) is 7. The molecule has 0 saturated carbocycles. The van der Waals surface area contributed by atoms with Gasteiger partial charge >= 0.3 is 5.97 Å². The van der Waals surface area contributed by atoms with E-state index in [0.29, 0.717) is 22.2 Å². The van der Waals surface area contributed by atoms with Gasteiger partial charge in [-0.3, -0.25) is 9.59 Å². The normalized spacial score (nSPS) is 21.1. The number of nitrogen functional groups attached to an aromatic ring is 1. The lowest BCUT2D eigenvalue weighted by Gasteiger charge is -2.18. The molecule has 8 heteroatoms. The van der Waals surface area contributed by atoms with E-state index in [1.807, 2.05) is 12.1 Å². The van der Waals surface area contributed by atoms with E-state index in [1.165, 1.54) is 28.0 Å². The molecule has 2 atom stereocenters. The molecule has 0 radical (unpaired) electrons. The van der Waals surface area contributed by atoms with Gasteiger partial charge in [0.05, 0.1) is 17.4 Å². The number of esters is 1. The van der Waals surface area contributed by atoms with Gasteiger partial charge in [-0.15, -0.1) is 23.1 Å². The van der Waals surface area contributed by atoms with E-state index < -0.39 is 11.2 Å². The van der Waals surface area contributed by atoms with Crippen molar-refractivity contribution in [2.24, 2.45) is 5.92 Å². The largest absolute Gasteiger partial charge is 0.462 e. The van der Waals surface area contributed by atoms with Crippen LogP contribution in [0.1, 0.15) is 47.5 Å². The van der Waals surface area contributed by atoms with Gasteiger partial charge in [-0.2, -0.15) is 0 Å². The zero-order valence-corrected chi connectivity index (χ0v) is 18.6. The molecule has 2 aliphatic rings. The van der Waals surface area contributed by atoms with Crippen molar-refractivity contribution in [3.63, 3.8) is 0 Å². The van der Waals surface area contributed by atoms with Crippen molar-refractivity contribution in [3.8, 4) is 0 Å². The van der Waals surface area contributed by atoms with Crippen molar-refractivity contribution in [1.29, 1.82) is 0 Å². The van der Waals surface area contributed by atoms with Crippen LogP contribution in [0.3, 0.4) is 0 Å². The lowest BCUT2D eigenvalue weighted by Crippen LogP contribution is -2.32. The molecule has 1 aliphatic carbocycles. The molecule has 30 heavy (non-hydrogen) atoms. The molecule has 0 spiro atoms. The van der Waals surface area contributed by atoms with E-state index >= 15 is 0 Å². The molecule has 6 nitrogen and oxygen atoms in total. The molecule has 2 heterocycles. The summed E-state index contributed by atoms with van der Waals surface area (Å²) in [7, 11) is 0. The summed E-state index contributed by atoms with van der Waals surface area (Å²) in [6, 6.07) is 7.27. The summed E-state index contributed by atoms with van der Waals surface area (Å²) in [5, 5.41) is -0.106. The lowest BCUT2D eigenvalue weighted by atomic mass is 9.88. The van der Waals surface area contributed by atoms with Crippen molar-refractivity contribution >= 4 is 51.6 Å². The second-order valence-corrected chi connectivity index (χ2v) is 10.1. The van der Waals surface area contributed by atoms with Crippen LogP contribution in [0.2, 0.25) is 0 Å². The zero-order valence-electron chi connectivity index (χ0n) is 17.0. The molecule has 1 aromatic heterocycles. The Morgan fingerprint density at radius 1 is 1.33 bits per heavy atom. The van der Waals surface area contributed by atoms with Crippen LogP contribution in [0.4, 0.5) is 10.7 Å². The third-order valence-corrected chi connectivity index (χ3v) is 7.84. The van der Waals surface area contributed by atoms with Gasteiger partial charge < -0.3 is 10.5 Å². The monoisotopic (exact) mass is 444 g/mol. The first-order chi connectivity index (χ1) is 14.4. The molecule has 2 unspecified atom stereocenters. The number of nitrogens with two attached hydrogens (primary N) is 1. The summed E-state index contributed by atoms with van der Waals surface area (Å²) in [5.41, 5.74) is 7.79.